The lowest BCUT2D eigenvalue weighted by atomic mass is 10.1. The van der Waals surface area contributed by atoms with Gasteiger partial charge in [-0.25, -0.2) is 4.39 Å². The number of rotatable bonds is 7. The molecule has 29 heavy (non-hydrogen) atoms. The van der Waals surface area contributed by atoms with Gasteiger partial charge in [0.2, 0.25) is 5.91 Å². The Morgan fingerprint density at radius 3 is 2.31 bits per heavy atom. The van der Waals surface area contributed by atoms with Gasteiger partial charge < -0.3 is 15.0 Å². The molecule has 0 aliphatic rings. The molecule has 5 nitrogen and oxygen atoms in total. The van der Waals surface area contributed by atoms with Crippen molar-refractivity contribution in [2.45, 2.75) is 52.7 Å². The summed E-state index contributed by atoms with van der Waals surface area (Å²) in [6, 6.07) is 12.9. The zero-order chi connectivity index (χ0) is 21.6. The van der Waals surface area contributed by atoms with Crippen molar-refractivity contribution in [1.82, 2.24) is 10.2 Å². The Hall–Kier alpha value is -2.89. The summed E-state index contributed by atoms with van der Waals surface area (Å²) in [7, 11) is 0. The number of nitrogens with zero attached hydrogens (tertiary/aromatic N) is 1. The van der Waals surface area contributed by atoms with Crippen molar-refractivity contribution in [3.05, 3.63) is 65.5 Å². The molecule has 0 heterocycles. The highest BCUT2D eigenvalue weighted by Crippen LogP contribution is 2.17. The minimum atomic E-state index is -0.716. The van der Waals surface area contributed by atoms with E-state index in [9.17, 15) is 14.0 Å². The summed E-state index contributed by atoms with van der Waals surface area (Å²) < 4.78 is 19.2. The van der Waals surface area contributed by atoms with Crippen LogP contribution in [-0.2, 0) is 16.1 Å². The Morgan fingerprint density at radius 1 is 1.10 bits per heavy atom. The fourth-order valence-electron chi connectivity index (χ4n) is 2.73. The van der Waals surface area contributed by atoms with E-state index in [0.717, 1.165) is 11.1 Å². The molecule has 0 aliphatic heterocycles. The van der Waals surface area contributed by atoms with Gasteiger partial charge in [-0.3, -0.25) is 9.59 Å². The molecule has 0 fully saturated rings. The molecule has 156 valence electrons. The van der Waals surface area contributed by atoms with Gasteiger partial charge in [0.15, 0.2) is 18.2 Å². The topological polar surface area (TPSA) is 58.6 Å². The first kappa shape index (κ1) is 22.4. The zero-order valence-corrected chi connectivity index (χ0v) is 17.7. The van der Waals surface area contributed by atoms with Gasteiger partial charge in [0, 0.05) is 12.1 Å². The number of aryl methyl sites for hydroxylation is 1. The number of amides is 2. The molecule has 6 heteroatoms. The molecule has 0 bridgehead atoms. The van der Waals surface area contributed by atoms with E-state index in [1.54, 1.807) is 19.1 Å². The number of carbonyl (C=O) groups is 2. The van der Waals surface area contributed by atoms with Gasteiger partial charge >= 0.3 is 0 Å². The van der Waals surface area contributed by atoms with Crippen LogP contribution in [0.4, 0.5) is 4.39 Å². The van der Waals surface area contributed by atoms with E-state index in [0.29, 0.717) is 0 Å². The molecule has 0 unspecified atom stereocenters. The molecule has 0 radical (unpaired) electrons. The van der Waals surface area contributed by atoms with E-state index < -0.39 is 23.3 Å². The summed E-state index contributed by atoms with van der Waals surface area (Å²) in [4.78, 5) is 27.0. The molecule has 2 amide bonds. The van der Waals surface area contributed by atoms with Crippen molar-refractivity contribution in [2.24, 2.45) is 0 Å². The van der Waals surface area contributed by atoms with Gasteiger partial charge in [0.25, 0.3) is 5.91 Å². The molecule has 2 aromatic carbocycles. The van der Waals surface area contributed by atoms with Gasteiger partial charge in [-0.05, 0) is 52.3 Å². The third-order valence-electron chi connectivity index (χ3n) is 4.33. The molecule has 1 N–H and O–H groups in total. The van der Waals surface area contributed by atoms with Crippen molar-refractivity contribution in [1.29, 1.82) is 0 Å². The smallest absolute Gasteiger partial charge is 0.261 e. The summed E-state index contributed by atoms with van der Waals surface area (Å²) in [5.74, 6) is -1.19. The van der Waals surface area contributed by atoms with E-state index in [1.807, 2.05) is 52.0 Å². The highest BCUT2D eigenvalue weighted by atomic mass is 19.1. The molecule has 1 atom stereocenters. The van der Waals surface area contributed by atoms with E-state index in [1.165, 1.54) is 17.0 Å². The predicted octanol–water partition coefficient (Wildman–Crippen LogP) is 3.84. The van der Waals surface area contributed by atoms with Gasteiger partial charge in [0.05, 0.1) is 0 Å². The maximum absolute atomic E-state index is 13.8. The summed E-state index contributed by atoms with van der Waals surface area (Å²) >= 11 is 0. The van der Waals surface area contributed by atoms with E-state index in [4.69, 9.17) is 4.74 Å². The average molecular weight is 400 g/mol. The lowest BCUT2D eigenvalue weighted by Gasteiger charge is -2.31. The first-order valence-electron chi connectivity index (χ1n) is 9.61. The van der Waals surface area contributed by atoms with E-state index >= 15 is 0 Å². The molecule has 0 aliphatic carbocycles. The van der Waals surface area contributed by atoms with Gasteiger partial charge in [-0.2, -0.15) is 0 Å². The summed E-state index contributed by atoms with van der Waals surface area (Å²) in [6.45, 7) is 9.18. The molecular formula is C23H29FN2O3. The number of para-hydroxylation sites is 1. The highest BCUT2D eigenvalue weighted by Gasteiger charge is 2.28. The van der Waals surface area contributed by atoms with Crippen LogP contribution in [0.5, 0.6) is 5.75 Å². The Balaban J connectivity index is 2.18. The number of carbonyl (C=O) groups excluding carboxylic acids is 2. The Bertz CT molecular complexity index is 844. The number of ether oxygens (including phenoxy) is 1. The van der Waals surface area contributed by atoms with E-state index in [2.05, 4.69) is 5.32 Å². The average Bonchev–Trinajstić information content (AvgIpc) is 2.64. The predicted molar refractivity (Wildman–Crippen MR) is 111 cm³/mol. The van der Waals surface area contributed by atoms with E-state index in [-0.39, 0.29) is 24.8 Å². The fraction of sp³-hybridized carbons (Fsp3) is 0.391. The van der Waals surface area contributed by atoms with Crippen molar-refractivity contribution in [3.8, 4) is 5.75 Å². The van der Waals surface area contributed by atoms with Crippen LogP contribution in [0.1, 0.15) is 38.8 Å². The summed E-state index contributed by atoms with van der Waals surface area (Å²) in [6.07, 6.45) is 0. The van der Waals surface area contributed by atoms with Crippen LogP contribution in [0.25, 0.3) is 0 Å². The first-order valence-corrected chi connectivity index (χ1v) is 9.61. The monoisotopic (exact) mass is 400 g/mol. The molecule has 0 saturated heterocycles. The SMILES string of the molecule is Cc1ccc(CN(C(=O)COc2ccccc2F)[C@@H](C)C(=O)NC(C)(C)C)cc1. The molecule has 2 rings (SSSR count). The van der Waals surface area contributed by atoms with Crippen LogP contribution in [0.15, 0.2) is 48.5 Å². The molecular weight excluding hydrogens is 371 g/mol. The fourth-order valence-corrected chi connectivity index (χ4v) is 2.73. The quantitative estimate of drug-likeness (QED) is 0.768. The maximum Gasteiger partial charge on any atom is 0.261 e. The van der Waals surface area contributed by atoms with Crippen LogP contribution in [0, 0.1) is 12.7 Å². The van der Waals surface area contributed by atoms with Crippen LogP contribution in [0.3, 0.4) is 0 Å². The minimum absolute atomic E-state index is 0.00271. The number of nitrogens with one attached hydrogen (secondary N) is 1. The Kier molecular flexibility index (Phi) is 7.37. The standard InChI is InChI=1S/C23H29FN2O3/c1-16-10-12-18(13-11-16)14-26(17(2)22(28)25-23(3,4)5)21(27)15-29-20-9-7-6-8-19(20)24/h6-13,17H,14-15H2,1-5H3,(H,25,28)/t17-/m0/s1. The van der Waals surface area contributed by atoms with Crippen molar-refractivity contribution in [2.75, 3.05) is 6.61 Å². The second kappa shape index (κ2) is 9.54. The van der Waals surface area contributed by atoms with Crippen molar-refractivity contribution < 1.29 is 18.7 Å². The summed E-state index contributed by atoms with van der Waals surface area (Å²) in [5.41, 5.74) is 1.58. The normalized spacial score (nSPS) is 12.2. The van der Waals surface area contributed by atoms with Crippen LogP contribution in [-0.4, -0.2) is 34.9 Å². The van der Waals surface area contributed by atoms with Gasteiger partial charge in [-0.1, -0.05) is 42.0 Å². The third kappa shape index (κ3) is 6.89. The van der Waals surface area contributed by atoms with Gasteiger partial charge in [0.1, 0.15) is 6.04 Å². The lowest BCUT2D eigenvalue weighted by Crippen LogP contribution is -2.53. The maximum atomic E-state index is 13.8. The molecule has 0 aromatic heterocycles. The summed E-state index contributed by atoms with van der Waals surface area (Å²) in [5, 5.41) is 2.90. The second-order valence-electron chi connectivity index (χ2n) is 8.14. The van der Waals surface area contributed by atoms with Crippen LogP contribution < -0.4 is 10.1 Å². The van der Waals surface area contributed by atoms with Crippen molar-refractivity contribution >= 4 is 11.8 Å². The Labute approximate surface area is 171 Å². The molecule has 0 saturated carbocycles. The number of hydrogen-bond donors (Lipinski definition) is 1. The van der Waals surface area contributed by atoms with Crippen molar-refractivity contribution in [3.63, 3.8) is 0 Å². The number of benzene rings is 2. The minimum Gasteiger partial charge on any atom is -0.481 e. The Morgan fingerprint density at radius 2 is 1.72 bits per heavy atom. The molecule has 2 aromatic rings. The lowest BCUT2D eigenvalue weighted by molar-refractivity contribution is -0.142. The van der Waals surface area contributed by atoms with Crippen LogP contribution in [0.2, 0.25) is 0 Å². The van der Waals surface area contributed by atoms with Gasteiger partial charge in [-0.15, -0.1) is 0 Å². The highest BCUT2D eigenvalue weighted by molar-refractivity contribution is 5.88. The third-order valence-corrected chi connectivity index (χ3v) is 4.33. The molecule has 0 spiro atoms. The number of halogens is 1. The zero-order valence-electron chi connectivity index (χ0n) is 17.7. The second-order valence-corrected chi connectivity index (χ2v) is 8.14. The van der Waals surface area contributed by atoms with Crippen LogP contribution >= 0.6 is 0 Å². The largest absolute Gasteiger partial charge is 0.481 e. The first-order chi connectivity index (χ1) is 13.6. The number of hydrogen-bond acceptors (Lipinski definition) is 3.